The van der Waals surface area contributed by atoms with E-state index < -0.39 is 11.0 Å². The van der Waals surface area contributed by atoms with Gasteiger partial charge in [-0.1, -0.05) is 13.8 Å². The van der Waals surface area contributed by atoms with E-state index >= 15 is 0 Å². The molecule has 124 valence electrons. The highest BCUT2D eigenvalue weighted by Gasteiger charge is 2.30. The van der Waals surface area contributed by atoms with Crippen LogP contribution in [0, 0.1) is 15.5 Å². The van der Waals surface area contributed by atoms with Gasteiger partial charge in [-0.15, -0.1) is 0 Å². The van der Waals surface area contributed by atoms with Crippen molar-refractivity contribution in [3.63, 3.8) is 0 Å². The molecule has 0 aliphatic heterocycles. The van der Waals surface area contributed by atoms with Gasteiger partial charge in [-0.2, -0.15) is 0 Å². The summed E-state index contributed by atoms with van der Waals surface area (Å²) in [5.74, 6) is 0. The molecule has 1 heterocycles. The minimum absolute atomic E-state index is 0.102. The SMILES string of the molecule is CCOC(=O)N(CC(C)(C)CN(C)C)c1ncc([N+](=O)[O-])s1. The Hall–Kier alpha value is -1.74. The van der Waals surface area contributed by atoms with Crippen LogP contribution in [0.2, 0.25) is 0 Å². The number of hydrogen-bond acceptors (Lipinski definition) is 7. The number of anilines is 1. The van der Waals surface area contributed by atoms with Crippen LogP contribution in [-0.4, -0.2) is 54.7 Å². The van der Waals surface area contributed by atoms with Crippen molar-refractivity contribution in [3.8, 4) is 0 Å². The number of nitro groups is 1. The lowest BCUT2D eigenvalue weighted by Gasteiger charge is -2.32. The molecule has 1 aromatic heterocycles. The third-order valence-corrected chi connectivity index (χ3v) is 3.68. The molecule has 0 aromatic carbocycles. The van der Waals surface area contributed by atoms with E-state index in [0.717, 1.165) is 24.1 Å². The molecule has 0 fully saturated rings. The predicted octanol–water partition coefficient (Wildman–Crippen LogP) is 2.60. The molecule has 8 nitrogen and oxygen atoms in total. The minimum atomic E-state index is -0.543. The van der Waals surface area contributed by atoms with Crippen LogP contribution in [0.25, 0.3) is 0 Å². The summed E-state index contributed by atoms with van der Waals surface area (Å²) in [6.45, 7) is 7.08. The van der Waals surface area contributed by atoms with Gasteiger partial charge in [0.1, 0.15) is 6.20 Å². The van der Waals surface area contributed by atoms with Crippen LogP contribution in [-0.2, 0) is 4.74 Å². The summed E-state index contributed by atoms with van der Waals surface area (Å²) in [5.41, 5.74) is -0.225. The van der Waals surface area contributed by atoms with E-state index in [1.54, 1.807) is 6.92 Å². The number of ether oxygens (including phenoxy) is 1. The molecule has 0 aliphatic rings. The monoisotopic (exact) mass is 330 g/mol. The summed E-state index contributed by atoms with van der Waals surface area (Å²) in [5, 5.41) is 11.0. The van der Waals surface area contributed by atoms with Crippen LogP contribution in [0.15, 0.2) is 6.20 Å². The van der Waals surface area contributed by atoms with Gasteiger partial charge in [0, 0.05) is 13.1 Å². The maximum Gasteiger partial charge on any atom is 0.416 e. The maximum absolute atomic E-state index is 12.2. The summed E-state index contributed by atoms with van der Waals surface area (Å²) in [6, 6.07) is 0. The van der Waals surface area contributed by atoms with Gasteiger partial charge in [0.05, 0.1) is 11.5 Å². The van der Waals surface area contributed by atoms with Gasteiger partial charge in [0.15, 0.2) is 0 Å². The molecule has 0 saturated heterocycles. The summed E-state index contributed by atoms with van der Waals surface area (Å²) in [7, 11) is 3.90. The van der Waals surface area contributed by atoms with Gasteiger partial charge in [-0.3, -0.25) is 15.0 Å². The first-order chi connectivity index (χ1) is 10.2. The maximum atomic E-state index is 12.2. The molecule has 0 atom stereocenters. The normalized spacial score (nSPS) is 11.5. The highest BCUT2D eigenvalue weighted by molar-refractivity contribution is 7.18. The van der Waals surface area contributed by atoms with Crippen LogP contribution < -0.4 is 4.90 Å². The number of carbonyl (C=O) groups is 1. The Labute approximate surface area is 133 Å². The van der Waals surface area contributed by atoms with Gasteiger partial charge in [-0.05, 0) is 37.8 Å². The number of nitrogens with zero attached hydrogens (tertiary/aromatic N) is 4. The van der Waals surface area contributed by atoms with Gasteiger partial charge >= 0.3 is 11.1 Å². The molecule has 0 aliphatic carbocycles. The summed E-state index contributed by atoms with van der Waals surface area (Å²) >= 11 is 0.864. The van der Waals surface area contributed by atoms with E-state index in [1.165, 1.54) is 4.90 Å². The lowest BCUT2D eigenvalue weighted by Crippen LogP contribution is -2.43. The fraction of sp³-hybridized carbons (Fsp3) is 0.692. The van der Waals surface area contributed by atoms with E-state index in [0.29, 0.717) is 6.54 Å². The van der Waals surface area contributed by atoms with Crippen molar-refractivity contribution in [1.82, 2.24) is 9.88 Å². The Balaban J connectivity index is 3.02. The van der Waals surface area contributed by atoms with E-state index in [9.17, 15) is 14.9 Å². The molecule has 0 unspecified atom stereocenters. The van der Waals surface area contributed by atoms with Crippen LogP contribution in [0.3, 0.4) is 0 Å². The molecule has 0 bridgehead atoms. The molecule has 0 radical (unpaired) electrons. The zero-order chi connectivity index (χ0) is 16.9. The molecular weight excluding hydrogens is 308 g/mol. The first-order valence-electron chi connectivity index (χ1n) is 6.85. The smallest absolute Gasteiger partial charge is 0.416 e. The molecule has 1 amide bonds. The predicted molar refractivity (Wildman–Crippen MR) is 85.5 cm³/mol. The van der Waals surface area contributed by atoms with Crippen LogP contribution >= 0.6 is 11.3 Å². The topological polar surface area (TPSA) is 88.8 Å². The third-order valence-electron chi connectivity index (χ3n) is 2.71. The molecule has 22 heavy (non-hydrogen) atoms. The van der Waals surface area contributed by atoms with Crippen LogP contribution in [0.4, 0.5) is 14.9 Å². The zero-order valence-electron chi connectivity index (χ0n) is 13.5. The van der Waals surface area contributed by atoms with Crippen molar-refractivity contribution < 1.29 is 14.5 Å². The number of thiazole rings is 1. The molecular formula is C13H22N4O4S. The second kappa shape index (κ2) is 7.50. The first-order valence-corrected chi connectivity index (χ1v) is 7.67. The molecule has 9 heteroatoms. The molecule has 0 saturated carbocycles. The van der Waals surface area contributed by atoms with Crippen molar-refractivity contribution in [2.24, 2.45) is 5.41 Å². The Morgan fingerprint density at radius 1 is 1.45 bits per heavy atom. The second-order valence-electron chi connectivity index (χ2n) is 5.93. The number of rotatable bonds is 7. The highest BCUT2D eigenvalue weighted by atomic mass is 32.1. The van der Waals surface area contributed by atoms with Gasteiger partial charge in [0.25, 0.3) is 0 Å². The van der Waals surface area contributed by atoms with Gasteiger partial charge in [0.2, 0.25) is 5.13 Å². The number of hydrogen-bond donors (Lipinski definition) is 0. The highest BCUT2D eigenvalue weighted by Crippen LogP contribution is 2.31. The molecule has 0 N–H and O–H groups in total. The van der Waals surface area contributed by atoms with Gasteiger partial charge in [-0.25, -0.2) is 9.78 Å². The van der Waals surface area contributed by atoms with Crippen LogP contribution in [0.1, 0.15) is 20.8 Å². The van der Waals surface area contributed by atoms with Crippen molar-refractivity contribution in [2.45, 2.75) is 20.8 Å². The van der Waals surface area contributed by atoms with Crippen molar-refractivity contribution in [2.75, 3.05) is 38.7 Å². The third kappa shape index (κ3) is 5.23. The largest absolute Gasteiger partial charge is 0.449 e. The molecule has 0 spiro atoms. The average molecular weight is 330 g/mol. The summed E-state index contributed by atoms with van der Waals surface area (Å²) < 4.78 is 5.05. The van der Waals surface area contributed by atoms with E-state index in [4.69, 9.17) is 4.74 Å². The van der Waals surface area contributed by atoms with Crippen molar-refractivity contribution in [3.05, 3.63) is 16.3 Å². The Kier molecular flexibility index (Phi) is 6.24. The van der Waals surface area contributed by atoms with Crippen LogP contribution in [0.5, 0.6) is 0 Å². The fourth-order valence-corrected chi connectivity index (χ4v) is 2.93. The quantitative estimate of drug-likeness (QED) is 0.564. The molecule has 1 rings (SSSR count). The lowest BCUT2D eigenvalue weighted by molar-refractivity contribution is -0.380. The second-order valence-corrected chi connectivity index (χ2v) is 6.91. The Bertz CT molecular complexity index is 530. The zero-order valence-corrected chi connectivity index (χ0v) is 14.3. The lowest BCUT2D eigenvalue weighted by atomic mass is 9.92. The number of amides is 1. The average Bonchev–Trinajstić information content (AvgIpc) is 2.84. The fourth-order valence-electron chi connectivity index (χ4n) is 2.21. The Morgan fingerprint density at radius 3 is 2.55 bits per heavy atom. The minimum Gasteiger partial charge on any atom is -0.449 e. The molecule has 1 aromatic rings. The van der Waals surface area contributed by atoms with Crippen molar-refractivity contribution in [1.29, 1.82) is 0 Å². The van der Waals surface area contributed by atoms with Gasteiger partial charge < -0.3 is 9.64 Å². The first kappa shape index (κ1) is 18.3. The Morgan fingerprint density at radius 2 is 2.09 bits per heavy atom. The van der Waals surface area contributed by atoms with E-state index in [2.05, 4.69) is 4.98 Å². The number of aromatic nitrogens is 1. The van der Waals surface area contributed by atoms with E-state index in [-0.39, 0.29) is 22.2 Å². The van der Waals surface area contributed by atoms with Crippen molar-refractivity contribution >= 4 is 27.6 Å². The number of carbonyl (C=O) groups excluding carboxylic acids is 1. The summed E-state index contributed by atoms with van der Waals surface area (Å²) in [6.07, 6.45) is 0.615. The standard InChI is InChI=1S/C13H22N4O4S/c1-6-21-12(18)16(9-13(2,3)8-15(4)5)11-14-7-10(22-11)17(19)20/h7H,6,8-9H2,1-5H3. The summed E-state index contributed by atoms with van der Waals surface area (Å²) in [4.78, 5) is 29.8. The van der Waals surface area contributed by atoms with E-state index in [1.807, 2.05) is 32.8 Å².